The number of fused-ring (bicyclic) bond motifs is 1. The number of aromatic nitrogens is 4. The van der Waals surface area contributed by atoms with Gasteiger partial charge < -0.3 is 5.32 Å². The zero-order valence-corrected chi connectivity index (χ0v) is 15.4. The molecule has 27 heavy (non-hydrogen) atoms. The minimum Gasteiger partial charge on any atom is -0.351 e. The summed E-state index contributed by atoms with van der Waals surface area (Å²) in [5.74, 6) is 0.900. The van der Waals surface area contributed by atoms with Gasteiger partial charge in [-0.3, -0.25) is 9.89 Å². The fraction of sp³-hybridized carbons (Fsp3) is 0.190. The molecule has 0 aliphatic carbocycles. The van der Waals surface area contributed by atoms with Gasteiger partial charge in [0.2, 0.25) is 5.95 Å². The first kappa shape index (κ1) is 17.0. The smallest absolute Gasteiger partial charge is 0.277 e. The number of nitrogens with zero attached hydrogens (tertiary/aromatic N) is 3. The predicted molar refractivity (Wildman–Crippen MR) is 106 cm³/mol. The van der Waals surface area contributed by atoms with Crippen LogP contribution in [0.2, 0.25) is 0 Å². The van der Waals surface area contributed by atoms with E-state index in [1.54, 1.807) is 0 Å². The quantitative estimate of drug-likeness (QED) is 0.574. The molecule has 0 aliphatic heterocycles. The summed E-state index contributed by atoms with van der Waals surface area (Å²) in [7, 11) is 0. The van der Waals surface area contributed by atoms with Gasteiger partial charge in [0.05, 0.1) is 5.69 Å². The van der Waals surface area contributed by atoms with E-state index in [0.29, 0.717) is 35.9 Å². The summed E-state index contributed by atoms with van der Waals surface area (Å²) in [5.41, 5.74) is 4.71. The highest BCUT2D eigenvalue weighted by Gasteiger charge is 2.13. The molecule has 2 heterocycles. The van der Waals surface area contributed by atoms with Gasteiger partial charge in [-0.05, 0) is 25.0 Å². The average Bonchev–Trinajstić information content (AvgIpc) is 3.08. The summed E-state index contributed by atoms with van der Waals surface area (Å²) in [6.45, 7) is 4.53. The number of hydrogen-bond donors (Lipinski definition) is 2. The Kier molecular flexibility index (Phi) is 4.46. The summed E-state index contributed by atoms with van der Waals surface area (Å²) < 4.78 is 1.41. The van der Waals surface area contributed by atoms with Gasteiger partial charge in [-0.1, -0.05) is 60.2 Å². The van der Waals surface area contributed by atoms with Crippen LogP contribution in [0.1, 0.15) is 27.9 Å². The Hall–Kier alpha value is -3.41. The van der Waals surface area contributed by atoms with Crippen LogP contribution in [0.4, 0.5) is 5.95 Å². The molecule has 4 rings (SSSR count). The highest BCUT2D eigenvalue weighted by Crippen LogP contribution is 2.11. The van der Waals surface area contributed by atoms with E-state index in [4.69, 9.17) is 0 Å². The zero-order valence-electron chi connectivity index (χ0n) is 15.4. The average molecular weight is 359 g/mol. The van der Waals surface area contributed by atoms with Gasteiger partial charge in [0, 0.05) is 18.5 Å². The number of H-pyrrole nitrogens is 1. The number of aryl methyl sites for hydroxylation is 2. The molecular weight excluding hydrogens is 338 g/mol. The van der Waals surface area contributed by atoms with Gasteiger partial charge in [-0.25, -0.2) is 4.98 Å². The minimum absolute atomic E-state index is 0.114. The van der Waals surface area contributed by atoms with Gasteiger partial charge in [-0.15, -0.1) is 0 Å². The summed E-state index contributed by atoms with van der Waals surface area (Å²) in [4.78, 5) is 21.8. The lowest BCUT2D eigenvalue weighted by Crippen LogP contribution is -2.22. The third kappa shape index (κ3) is 3.60. The van der Waals surface area contributed by atoms with E-state index in [2.05, 4.69) is 51.6 Å². The van der Waals surface area contributed by atoms with E-state index < -0.39 is 0 Å². The van der Waals surface area contributed by atoms with Crippen LogP contribution in [0.3, 0.4) is 0 Å². The lowest BCUT2D eigenvalue weighted by Gasteiger charge is -2.04. The lowest BCUT2D eigenvalue weighted by molar-refractivity contribution is 0.857. The van der Waals surface area contributed by atoms with Crippen LogP contribution in [0, 0.1) is 13.8 Å². The second-order valence-corrected chi connectivity index (χ2v) is 6.69. The Bertz CT molecular complexity index is 1130. The first-order chi connectivity index (χ1) is 13.1. The van der Waals surface area contributed by atoms with Crippen LogP contribution >= 0.6 is 0 Å². The topological polar surface area (TPSA) is 75.1 Å². The van der Waals surface area contributed by atoms with Gasteiger partial charge in [-0.2, -0.15) is 9.50 Å². The van der Waals surface area contributed by atoms with Crippen molar-refractivity contribution in [2.24, 2.45) is 0 Å². The second-order valence-electron chi connectivity index (χ2n) is 6.69. The van der Waals surface area contributed by atoms with Crippen LogP contribution < -0.4 is 10.9 Å². The van der Waals surface area contributed by atoms with Crippen LogP contribution in [0.15, 0.2) is 59.4 Å². The molecule has 136 valence electrons. The molecule has 0 atom stereocenters. The van der Waals surface area contributed by atoms with Gasteiger partial charge >= 0.3 is 0 Å². The van der Waals surface area contributed by atoms with Crippen molar-refractivity contribution in [2.45, 2.75) is 26.8 Å². The molecule has 0 saturated heterocycles. The van der Waals surface area contributed by atoms with Crippen molar-refractivity contribution in [3.8, 4) is 0 Å². The molecule has 2 aromatic carbocycles. The number of hydrogen-bond acceptors (Lipinski definition) is 4. The lowest BCUT2D eigenvalue weighted by atomic mass is 10.1. The van der Waals surface area contributed by atoms with E-state index in [-0.39, 0.29) is 5.56 Å². The molecule has 0 unspecified atom stereocenters. The maximum atomic E-state index is 12.9. The minimum atomic E-state index is -0.114. The summed E-state index contributed by atoms with van der Waals surface area (Å²) in [6.07, 6.45) is 0.548. The van der Waals surface area contributed by atoms with E-state index in [1.807, 2.05) is 37.3 Å². The van der Waals surface area contributed by atoms with Crippen LogP contribution in [-0.4, -0.2) is 19.6 Å². The van der Waals surface area contributed by atoms with Crippen molar-refractivity contribution in [2.75, 3.05) is 5.32 Å². The van der Waals surface area contributed by atoms with Crippen molar-refractivity contribution < 1.29 is 0 Å². The predicted octanol–water partition coefficient (Wildman–Crippen LogP) is 3.24. The van der Waals surface area contributed by atoms with Crippen molar-refractivity contribution in [3.63, 3.8) is 0 Å². The molecule has 6 heteroatoms. The highest BCUT2D eigenvalue weighted by atomic mass is 16.1. The van der Waals surface area contributed by atoms with E-state index in [1.165, 1.54) is 10.1 Å². The maximum absolute atomic E-state index is 12.9. The second kappa shape index (κ2) is 7.07. The fourth-order valence-electron chi connectivity index (χ4n) is 3.03. The standard InChI is InChI=1S/C21H21N5O/c1-14-8-10-17(11-9-14)13-22-20-24-21-23-15(2)18(19(27)26(21)25-20)12-16-6-4-3-5-7-16/h3-11H,12-13H2,1-2H3,(H2,22,23,24,25). The molecule has 0 aliphatic rings. The molecule has 0 bridgehead atoms. The highest BCUT2D eigenvalue weighted by molar-refractivity contribution is 5.40. The first-order valence-corrected chi connectivity index (χ1v) is 8.92. The third-order valence-corrected chi connectivity index (χ3v) is 4.60. The normalized spacial score (nSPS) is 11.0. The largest absolute Gasteiger partial charge is 0.351 e. The molecule has 2 N–H and O–H groups in total. The van der Waals surface area contributed by atoms with E-state index >= 15 is 0 Å². The monoisotopic (exact) mass is 359 g/mol. The van der Waals surface area contributed by atoms with E-state index in [9.17, 15) is 4.79 Å². The van der Waals surface area contributed by atoms with Gasteiger partial charge in [0.15, 0.2) is 0 Å². The van der Waals surface area contributed by atoms with Crippen LogP contribution in [-0.2, 0) is 13.0 Å². The Morgan fingerprint density at radius 1 is 0.963 bits per heavy atom. The molecule has 4 aromatic rings. The van der Waals surface area contributed by atoms with E-state index in [0.717, 1.165) is 11.1 Å². The summed E-state index contributed by atoms with van der Waals surface area (Å²) >= 11 is 0. The molecule has 2 aromatic heterocycles. The van der Waals surface area contributed by atoms with Crippen molar-refractivity contribution >= 4 is 11.7 Å². The Labute approximate surface area is 156 Å². The van der Waals surface area contributed by atoms with Gasteiger partial charge in [0.1, 0.15) is 0 Å². The number of benzene rings is 2. The number of nitrogens with one attached hydrogen (secondary N) is 2. The maximum Gasteiger partial charge on any atom is 0.277 e. The van der Waals surface area contributed by atoms with Crippen LogP contribution in [0.5, 0.6) is 0 Å². The molecule has 0 amide bonds. The third-order valence-electron chi connectivity index (χ3n) is 4.60. The van der Waals surface area contributed by atoms with Crippen molar-refractivity contribution in [3.05, 3.63) is 92.9 Å². The summed E-state index contributed by atoms with van der Waals surface area (Å²) in [5, 5.41) is 6.24. The number of rotatable bonds is 5. The Morgan fingerprint density at radius 3 is 2.44 bits per heavy atom. The molecule has 0 spiro atoms. The number of anilines is 1. The Balaban J connectivity index is 1.61. The zero-order chi connectivity index (χ0) is 18.8. The summed E-state index contributed by atoms with van der Waals surface area (Å²) in [6, 6.07) is 18.2. The SMILES string of the molecule is Cc1ccc(CNc2nc3nc(C)c(Cc4ccccc4)c(=O)n3[nH]2)cc1. The molecule has 0 saturated carbocycles. The van der Waals surface area contributed by atoms with Gasteiger partial charge in [0.25, 0.3) is 11.3 Å². The molecule has 0 radical (unpaired) electrons. The van der Waals surface area contributed by atoms with Crippen LogP contribution in [0.25, 0.3) is 5.78 Å². The van der Waals surface area contributed by atoms with Crippen molar-refractivity contribution in [1.82, 2.24) is 19.6 Å². The van der Waals surface area contributed by atoms with Crippen molar-refractivity contribution in [1.29, 1.82) is 0 Å². The Morgan fingerprint density at radius 2 is 1.70 bits per heavy atom. The number of aromatic amines is 1. The first-order valence-electron chi connectivity index (χ1n) is 8.92. The molecular formula is C21H21N5O. The molecule has 0 fully saturated rings. The fourth-order valence-corrected chi connectivity index (χ4v) is 3.03. The molecule has 6 nitrogen and oxygen atoms in total.